The first kappa shape index (κ1) is 13.6. The van der Waals surface area contributed by atoms with E-state index in [1.807, 2.05) is 0 Å². The van der Waals surface area contributed by atoms with Gasteiger partial charge >= 0.3 is 0 Å². The van der Waals surface area contributed by atoms with Gasteiger partial charge in [0.2, 0.25) is 0 Å². The molecule has 2 aliphatic rings. The van der Waals surface area contributed by atoms with Crippen molar-refractivity contribution in [1.82, 2.24) is 4.72 Å². The van der Waals surface area contributed by atoms with E-state index in [-0.39, 0.29) is 4.75 Å². The zero-order valence-corrected chi connectivity index (χ0v) is 11.7. The fourth-order valence-corrected chi connectivity index (χ4v) is 2.88. The number of ether oxygens (including phenoxy) is 2. The highest BCUT2D eigenvalue weighted by molar-refractivity contribution is 7.98. The van der Waals surface area contributed by atoms with Crippen molar-refractivity contribution in [3.8, 4) is 0 Å². The summed E-state index contributed by atoms with van der Waals surface area (Å²) in [6.45, 7) is 7.75. The molecule has 100 valence electrons. The topological polar surface area (TPSA) is 50.7 Å². The predicted octanol–water partition coefficient (Wildman–Crippen LogP) is 2.03. The lowest BCUT2D eigenvalue weighted by Gasteiger charge is -2.41. The second kappa shape index (κ2) is 4.70. The Labute approximate surface area is 108 Å². The SMILES string of the molecule is CC(C)(C)SNC1(O)CCC2(CC1)OCCO2. The first-order valence-electron chi connectivity index (χ1n) is 6.28. The summed E-state index contributed by atoms with van der Waals surface area (Å²) in [6, 6.07) is 0. The molecule has 1 spiro atoms. The van der Waals surface area contributed by atoms with Crippen molar-refractivity contribution < 1.29 is 14.6 Å². The molecule has 17 heavy (non-hydrogen) atoms. The van der Waals surface area contributed by atoms with Gasteiger partial charge in [0.1, 0.15) is 5.72 Å². The van der Waals surface area contributed by atoms with E-state index in [9.17, 15) is 5.11 Å². The van der Waals surface area contributed by atoms with Crippen LogP contribution in [0.2, 0.25) is 0 Å². The average Bonchev–Trinajstić information content (AvgIpc) is 2.69. The summed E-state index contributed by atoms with van der Waals surface area (Å²) in [6.07, 6.45) is 2.88. The third-order valence-corrected chi connectivity index (χ3v) is 4.29. The van der Waals surface area contributed by atoms with Gasteiger partial charge in [0.05, 0.1) is 13.2 Å². The predicted molar refractivity (Wildman–Crippen MR) is 68.5 cm³/mol. The monoisotopic (exact) mass is 261 g/mol. The molecule has 5 heteroatoms. The van der Waals surface area contributed by atoms with Crippen LogP contribution in [0.25, 0.3) is 0 Å². The van der Waals surface area contributed by atoms with Gasteiger partial charge in [0, 0.05) is 17.6 Å². The molecule has 2 fully saturated rings. The lowest BCUT2D eigenvalue weighted by molar-refractivity contribution is -0.203. The molecule has 0 atom stereocenters. The number of nitrogens with one attached hydrogen (secondary N) is 1. The van der Waals surface area contributed by atoms with E-state index in [1.165, 1.54) is 0 Å². The molecule has 1 saturated heterocycles. The minimum atomic E-state index is -0.779. The highest BCUT2D eigenvalue weighted by atomic mass is 32.2. The van der Waals surface area contributed by atoms with Crippen LogP contribution in [0.3, 0.4) is 0 Å². The normalized spacial score (nSPS) is 27.5. The second-order valence-corrected chi connectivity index (χ2v) is 7.59. The molecule has 2 rings (SSSR count). The van der Waals surface area contributed by atoms with Gasteiger partial charge < -0.3 is 14.6 Å². The number of rotatable bonds is 2. The third kappa shape index (κ3) is 3.58. The van der Waals surface area contributed by atoms with E-state index in [0.717, 1.165) is 12.8 Å². The van der Waals surface area contributed by atoms with Crippen molar-refractivity contribution in [2.75, 3.05) is 13.2 Å². The standard InChI is InChI=1S/C12H23NO3S/c1-10(2,3)17-13-11(14)4-6-12(7-5-11)15-8-9-16-12/h13-14H,4-9H2,1-3H3. The van der Waals surface area contributed by atoms with Crippen LogP contribution in [-0.4, -0.2) is 34.6 Å². The molecule has 0 radical (unpaired) electrons. The van der Waals surface area contributed by atoms with Gasteiger partial charge in [0.15, 0.2) is 5.79 Å². The third-order valence-electron chi connectivity index (χ3n) is 3.20. The Bertz CT molecular complexity index is 261. The molecule has 0 aromatic carbocycles. The van der Waals surface area contributed by atoms with Crippen LogP contribution in [0, 0.1) is 0 Å². The Kier molecular flexibility index (Phi) is 3.77. The lowest BCUT2D eigenvalue weighted by Crippen LogP contribution is -2.50. The maximum absolute atomic E-state index is 10.4. The Morgan fingerprint density at radius 2 is 1.59 bits per heavy atom. The summed E-state index contributed by atoms with van der Waals surface area (Å²) < 4.78 is 14.6. The molecular formula is C12H23NO3S. The highest BCUT2D eigenvalue weighted by Crippen LogP contribution is 2.40. The maximum Gasteiger partial charge on any atom is 0.168 e. The first-order valence-corrected chi connectivity index (χ1v) is 7.10. The minimum absolute atomic E-state index is 0.102. The first-order chi connectivity index (χ1) is 7.83. The van der Waals surface area contributed by atoms with Crippen LogP contribution in [0.4, 0.5) is 0 Å². The van der Waals surface area contributed by atoms with Gasteiger partial charge in [0.25, 0.3) is 0 Å². The molecule has 1 aliphatic heterocycles. The van der Waals surface area contributed by atoms with Gasteiger partial charge in [-0.25, -0.2) is 4.72 Å². The second-order valence-electron chi connectivity index (χ2n) is 5.96. The van der Waals surface area contributed by atoms with Gasteiger partial charge in [-0.05, 0) is 33.6 Å². The summed E-state index contributed by atoms with van der Waals surface area (Å²) in [4.78, 5) is 0. The smallest absolute Gasteiger partial charge is 0.168 e. The van der Waals surface area contributed by atoms with Crippen molar-refractivity contribution in [2.45, 2.75) is 62.7 Å². The van der Waals surface area contributed by atoms with E-state index >= 15 is 0 Å². The summed E-state index contributed by atoms with van der Waals surface area (Å²) in [5.74, 6) is -0.402. The summed E-state index contributed by atoms with van der Waals surface area (Å²) in [5.41, 5.74) is -0.779. The fourth-order valence-electron chi connectivity index (χ4n) is 2.18. The van der Waals surface area contributed by atoms with E-state index in [1.54, 1.807) is 11.9 Å². The van der Waals surface area contributed by atoms with Crippen LogP contribution in [0.15, 0.2) is 0 Å². The van der Waals surface area contributed by atoms with E-state index in [0.29, 0.717) is 26.1 Å². The molecular weight excluding hydrogens is 238 g/mol. The summed E-state index contributed by atoms with van der Waals surface area (Å²) in [7, 11) is 0. The van der Waals surface area contributed by atoms with E-state index in [2.05, 4.69) is 25.5 Å². The highest BCUT2D eigenvalue weighted by Gasteiger charge is 2.45. The lowest BCUT2D eigenvalue weighted by atomic mass is 9.88. The van der Waals surface area contributed by atoms with Crippen molar-refractivity contribution in [3.05, 3.63) is 0 Å². The molecule has 1 heterocycles. The molecule has 0 unspecified atom stereocenters. The Hall–Kier alpha value is 0.190. The zero-order chi connectivity index (χ0) is 12.6. The molecule has 1 aliphatic carbocycles. The zero-order valence-electron chi connectivity index (χ0n) is 10.9. The molecule has 2 N–H and O–H groups in total. The molecule has 0 amide bonds. The number of hydrogen-bond donors (Lipinski definition) is 2. The Morgan fingerprint density at radius 1 is 1.06 bits per heavy atom. The molecule has 0 aromatic rings. The largest absolute Gasteiger partial charge is 0.375 e. The number of hydrogen-bond acceptors (Lipinski definition) is 5. The van der Waals surface area contributed by atoms with Gasteiger partial charge in [-0.15, -0.1) is 0 Å². The summed E-state index contributed by atoms with van der Waals surface area (Å²) >= 11 is 1.59. The molecule has 0 aromatic heterocycles. The molecule has 0 bridgehead atoms. The average molecular weight is 261 g/mol. The van der Waals surface area contributed by atoms with E-state index in [4.69, 9.17) is 9.47 Å². The van der Waals surface area contributed by atoms with Crippen molar-refractivity contribution in [1.29, 1.82) is 0 Å². The van der Waals surface area contributed by atoms with Gasteiger partial charge in [-0.3, -0.25) is 0 Å². The van der Waals surface area contributed by atoms with E-state index < -0.39 is 11.5 Å². The molecule has 4 nitrogen and oxygen atoms in total. The van der Waals surface area contributed by atoms with Crippen molar-refractivity contribution >= 4 is 11.9 Å². The molecule has 1 saturated carbocycles. The van der Waals surface area contributed by atoms with Crippen molar-refractivity contribution in [2.24, 2.45) is 0 Å². The van der Waals surface area contributed by atoms with Crippen molar-refractivity contribution in [3.63, 3.8) is 0 Å². The van der Waals surface area contributed by atoms with Crippen LogP contribution in [0.5, 0.6) is 0 Å². The quantitative estimate of drug-likeness (QED) is 0.588. The Balaban J connectivity index is 1.84. The van der Waals surface area contributed by atoms with Gasteiger partial charge in [-0.2, -0.15) is 0 Å². The van der Waals surface area contributed by atoms with Crippen LogP contribution >= 0.6 is 11.9 Å². The maximum atomic E-state index is 10.4. The van der Waals surface area contributed by atoms with Crippen LogP contribution in [-0.2, 0) is 9.47 Å². The minimum Gasteiger partial charge on any atom is -0.375 e. The van der Waals surface area contributed by atoms with Crippen LogP contribution in [0.1, 0.15) is 46.5 Å². The fraction of sp³-hybridized carbons (Fsp3) is 1.00. The van der Waals surface area contributed by atoms with Gasteiger partial charge in [-0.1, -0.05) is 11.9 Å². The summed E-state index contributed by atoms with van der Waals surface area (Å²) in [5, 5.41) is 10.4. The Morgan fingerprint density at radius 3 is 2.06 bits per heavy atom. The number of aliphatic hydroxyl groups is 1. The van der Waals surface area contributed by atoms with Crippen LogP contribution < -0.4 is 4.72 Å².